The van der Waals surface area contributed by atoms with Gasteiger partial charge in [0.2, 0.25) is 0 Å². The lowest BCUT2D eigenvalue weighted by atomic mass is 9.76. The van der Waals surface area contributed by atoms with Gasteiger partial charge >= 0.3 is 6.03 Å². The Hall–Kier alpha value is -1.67. The van der Waals surface area contributed by atoms with Crippen LogP contribution in [0.2, 0.25) is 0 Å². The first-order valence-corrected chi connectivity index (χ1v) is 8.99. The molecule has 0 aromatic carbocycles. The maximum Gasteiger partial charge on any atom is 0.317 e. The van der Waals surface area contributed by atoms with E-state index in [2.05, 4.69) is 27.4 Å². The molecule has 8 heteroatoms. The predicted molar refractivity (Wildman–Crippen MR) is 91.9 cm³/mol. The van der Waals surface area contributed by atoms with E-state index in [0.29, 0.717) is 12.5 Å². The lowest BCUT2D eigenvalue weighted by Gasteiger charge is -2.39. The second kappa shape index (κ2) is 7.29. The van der Waals surface area contributed by atoms with E-state index in [1.807, 2.05) is 18.7 Å². The molecule has 140 valence electrons. The summed E-state index contributed by atoms with van der Waals surface area (Å²) in [6.07, 6.45) is 3.04. The Morgan fingerprint density at radius 3 is 2.80 bits per heavy atom. The first kappa shape index (κ1) is 18.1. The van der Waals surface area contributed by atoms with E-state index in [0.717, 1.165) is 44.7 Å². The number of hydrogen-bond acceptors (Lipinski definition) is 6. The molecule has 1 aromatic heterocycles. The van der Waals surface area contributed by atoms with Gasteiger partial charge in [0.1, 0.15) is 6.61 Å². The van der Waals surface area contributed by atoms with Crippen LogP contribution < -0.4 is 5.32 Å². The van der Waals surface area contributed by atoms with E-state index in [9.17, 15) is 4.79 Å². The second-order valence-corrected chi connectivity index (χ2v) is 7.71. The fourth-order valence-corrected chi connectivity index (χ4v) is 4.03. The molecule has 2 aliphatic rings. The Bertz CT molecular complexity index is 595. The van der Waals surface area contributed by atoms with E-state index in [-0.39, 0.29) is 23.5 Å². The number of carbonyl (C=O) groups excluding carboxylic acids is 1. The summed E-state index contributed by atoms with van der Waals surface area (Å²) in [5.74, 6) is 1.26. The number of nitrogens with one attached hydrogen (secondary N) is 1. The third-order valence-corrected chi connectivity index (χ3v) is 5.32. The highest BCUT2D eigenvalue weighted by molar-refractivity contribution is 5.74. The van der Waals surface area contributed by atoms with Crippen LogP contribution in [0, 0.1) is 5.41 Å². The van der Waals surface area contributed by atoms with Crippen molar-refractivity contribution in [1.29, 1.82) is 0 Å². The first-order chi connectivity index (χ1) is 11.9. The van der Waals surface area contributed by atoms with Gasteiger partial charge in [0, 0.05) is 32.8 Å². The molecule has 2 aliphatic heterocycles. The van der Waals surface area contributed by atoms with E-state index in [1.54, 1.807) is 7.11 Å². The van der Waals surface area contributed by atoms with Gasteiger partial charge in [-0.3, -0.25) is 4.90 Å². The minimum atomic E-state index is 0.0510. The fourth-order valence-electron chi connectivity index (χ4n) is 4.03. The van der Waals surface area contributed by atoms with Crippen molar-refractivity contribution in [2.75, 3.05) is 33.8 Å². The zero-order valence-electron chi connectivity index (χ0n) is 15.6. The number of nitrogens with zero attached hydrogens (tertiary/aromatic N) is 4. The molecule has 0 radical (unpaired) electrons. The van der Waals surface area contributed by atoms with Crippen LogP contribution in [-0.4, -0.2) is 65.8 Å². The maximum absolute atomic E-state index is 12.2. The van der Waals surface area contributed by atoms with Crippen LogP contribution in [-0.2, 0) is 11.3 Å². The summed E-state index contributed by atoms with van der Waals surface area (Å²) in [7, 11) is 3.73. The van der Waals surface area contributed by atoms with Crippen molar-refractivity contribution in [3.05, 3.63) is 11.7 Å². The number of urea groups is 1. The van der Waals surface area contributed by atoms with Crippen LogP contribution in [0.4, 0.5) is 4.79 Å². The Labute approximate surface area is 148 Å². The predicted octanol–water partition coefficient (Wildman–Crippen LogP) is 1.79. The van der Waals surface area contributed by atoms with Gasteiger partial charge < -0.3 is 19.5 Å². The summed E-state index contributed by atoms with van der Waals surface area (Å²) < 4.78 is 10.3. The summed E-state index contributed by atoms with van der Waals surface area (Å²) in [5.41, 5.74) is 0.232. The van der Waals surface area contributed by atoms with Crippen LogP contribution in [0.1, 0.15) is 50.9 Å². The third kappa shape index (κ3) is 3.95. The van der Waals surface area contributed by atoms with Gasteiger partial charge in [-0.1, -0.05) is 5.16 Å². The highest BCUT2D eigenvalue weighted by Gasteiger charge is 2.46. The summed E-state index contributed by atoms with van der Waals surface area (Å²) >= 11 is 0. The van der Waals surface area contributed by atoms with Crippen LogP contribution in [0.25, 0.3) is 0 Å². The lowest BCUT2D eigenvalue weighted by molar-refractivity contribution is 0.121. The first-order valence-electron chi connectivity index (χ1n) is 8.99. The normalized spacial score (nSPS) is 23.6. The molecule has 0 bridgehead atoms. The van der Waals surface area contributed by atoms with Gasteiger partial charge in [-0.2, -0.15) is 4.98 Å². The molecule has 1 atom stereocenters. The maximum atomic E-state index is 12.2. The molecular formula is C17H29N5O3. The average molecular weight is 351 g/mol. The van der Waals surface area contributed by atoms with Crippen molar-refractivity contribution in [3.63, 3.8) is 0 Å². The molecule has 0 aliphatic carbocycles. The molecule has 1 N–H and O–H groups in total. The number of carbonyl (C=O) groups is 1. The summed E-state index contributed by atoms with van der Waals surface area (Å²) in [4.78, 5) is 20.9. The van der Waals surface area contributed by atoms with Gasteiger partial charge in [-0.15, -0.1) is 0 Å². The molecule has 2 amide bonds. The largest absolute Gasteiger partial charge is 0.375 e. The summed E-state index contributed by atoms with van der Waals surface area (Å²) in [5, 5.41) is 7.12. The summed E-state index contributed by atoms with van der Waals surface area (Å²) in [6, 6.07) is 0.394. The van der Waals surface area contributed by atoms with Crippen LogP contribution in [0.15, 0.2) is 4.52 Å². The molecule has 1 aromatic rings. The third-order valence-electron chi connectivity index (χ3n) is 5.32. The quantitative estimate of drug-likeness (QED) is 0.890. The molecule has 8 nitrogen and oxygen atoms in total. The van der Waals surface area contributed by atoms with E-state index < -0.39 is 0 Å². The van der Waals surface area contributed by atoms with Crippen molar-refractivity contribution < 1.29 is 14.1 Å². The van der Waals surface area contributed by atoms with E-state index in [1.165, 1.54) is 0 Å². The number of methoxy groups -OCH3 is 1. The zero-order chi connectivity index (χ0) is 18.0. The number of piperidine rings is 1. The minimum absolute atomic E-state index is 0.0510. The molecule has 3 rings (SSSR count). The van der Waals surface area contributed by atoms with E-state index in [4.69, 9.17) is 9.26 Å². The second-order valence-electron chi connectivity index (χ2n) is 7.71. The molecule has 1 spiro atoms. The van der Waals surface area contributed by atoms with Crippen LogP contribution >= 0.6 is 0 Å². The van der Waals surface area contributed by atoms with Gasteiger partial charge in [0.15, 0.2) is 5.82 Å². The average Bonchev–Trinajstić information content (AvgIpc) is 3.13. The molecular weight excluding hydrogens is 322 g/mol. The van der Waals surface area contributed by atoms with Gasteiger partial charge in [0.25, 0.3) is 5.89 Å². The van der Waals surface area contributed by atoms with Gasteiger partial charge in [0.05, 0.1) is 6.04 Å². The molecule has 0 saturated carbocycles. The van der Waals surface area contributed by atoms with Crippen molar-refractivity contribution >= 4 is 6.03 Å². The Morgan fingerprint density at radius 2 is 2.16 bits per heavy atom. The highest BCUT2D eigenvalue weighted by atomic mass is 16.5. The number of amides is 2. The Kier molecular flexibility index (Phi) is 5.29. The van der Waals surface area contributed by atoms with Crippen LogP contribution in [0.5, 0.6) is 0 Å². The molecule has 1 unspecified atom stereocenters. The van der Waals surface area contributed by atoms with Crippen molar-refractivity contribution in [3.8, 4) is 0 Å². The van der Waals surface area contributed by atoms with Gasteiger partial charge in [-0.25, -0.2) is 4.79 Å². The number of ether oxygens (including phenoxy) is 1. The highest BCUT2D eigenvalue weighted by Crippen LogP contribution is 2.47. The molecule has 25 heavy (non-hydrogen) atoms. The SMILES string of the molecule is COCc1nc(C2CC3(CCN(C(=O)NC(C)C)CC3)CN2C)no1. The topological polar surface area (TPSA) is 83.7 Å². The lowest BCUT2D eigenvalue weighted by Crippen LogP contribution is -2.49. The molecule has 2 fully saturated rings. The minimum Gasteiger partial charge on any atom is -0.375 e. The number of rotatable bonds is 4. The molecule has 3 heterocycles. The summed E-state index contributed by atoms with van der Waals surface area (Å²) in [6.45, 7) is 6.94. The van der Waals surface area contributed by atoms with Crippen molar-refractivity contribution in [1.82, 2.24) is 25.3 Å². The van der Waals surface area contributed by atoms with Crippen LogP contribution in [0.3, 0.4) is 0 Å². The zero-order valence-corrected chi connectivity index (χ0v) is 15.6. The van der Waals surface area contributed by atoms with E-state index >= 15 is 0 Å². The van der Waals surface area contributed by atoms with Crippen molar-refractivity contribution in [2.45, 2.75) is 51.8 Å². The fraction of sp³-hybridized carbons (Fsp3) is 0.824. The number of hydrogen-bond donors (Lipinski definition) is 1. The monoisotopic (exact) mass is 351 g/mol. The smallest absolute Gasteiger partial charge is 0.317 e. The van der Waals surface area contributed by atoms with Gasteiger partial charge in [-0.05, 0) is 45.6 Å². The Balaban J connectivity index is 1.60. The van der Waals surface area contributed by atoms with Crippen molar-refractivity contribution in [2.24, 2.45) is 5.41 Å². The number of aromatic nitrogens is 2. The number of likely N-dealkylation sites (tertiary alicyclic amines) is 2. The standard InChI is InChI=1S/C17H29N5O3/c1-12(2)18-16(23)22-7-5-17(6-8-22)9-13(21(3)11-17)15-19-14(10-24-4)25-20-15/h12-13H,5-11H2,1-4H3,(H,18,23). The Morgan fingerprint density at radius 1 is 1.44 bits per heavy atom. The molecule has 2 saturated heterocycles.